The fourth-order valence-electron chi connectivity index (χ4n) is 8.07. The number of aromatic nitrogens is 3. The number of ether oxygens (including phenoxy) is 1. The van der Waals surface area contributed by atoms with Crippen molar-refractivity contribution in [2.24, 2.45) is 30.7 Å². The van der Waals surface area contributed by atoms with E-state index < -0.39 is 105 Å². The van der Waals surface area contributed by atoms with Gasteiger partial charge >= 0.3 is 10.6 Å². The number of azo groups is 3. The average molecular weight is 1340 g/mol. The van der Waals surface area contributed by atoms with Crippen molar-refractivity contribution in [3.05, 3.63) is 82.9 Å². The van der Waals surface area contributed by atoms with E-state index in [0.29, 0.717) is 16.0 Å². The van der Waals surface area contributed by atoms with Crippen LogP contribution in [0.25, 0.3) is 37.7 Å². The summed E-state index contributed by atoms with van der Waals surface area (Å²) in [7, 11) is -26.5. The molecule has 1 amide bonds. The molecule has 0 unspecified atom stereocenters. The van der Waals surface area contributed by atoms with Gasteiger partial charge in [0.15, 0.2) is 11.3 Å². The highest BCUT2D eigenvalue weighted by Crippen LogP contribution is 2.45. The second kappa shape index (κ2) is 25.6. The molecule has 0 bridgehead atoms. The molecule has 5 aromatic carbocycles. The number of nitriles is 1. The predicted octanol–water partition coefficient (Wildman–Crippen LogP) is 8.72. The summed E-state index contributed by atoms with van der Waals surface area (Å²) >= 11 is 1.88. The molecule has 3 heterocycles. The maximum atomic E-state index is 12.6. The Hall–Kier alpha value is -7.92. The van der Waals surface area contributed by atoms with Gasteiger partial charge < -0.3 is 15.2 Å². The van der Waals surface area contributed by atoms with Crippen LogP contribution in [0.5, 0.6) is 11.6 Å². The van der Waals surface area contributed by atoms with E-state index in [2.05, 4.69) is 46.0 Å². The Kier molecular flexibility index (Phi) is 19.5. The first-order valence-electron chi connectivity index (χ1n) is 23.6. The topological polar surface area (TPSA) is 510 Å². The summed E-state index contributed by atoms with van der Waals surface area (Å²) in [6.45, 7) is 5.38. The molecule has 0 atom stereocenters. The predicted molar refractivity (Wildman–Crippen MR) is 308 cm³/mol. The Balaban J connectivity index is 0.00000256. The van der Waals surface area contributed by atoms with Gasteiger partial charge in [0.25, 0.3) is 50.6 Å². The van der Waals surface area contributed by atoms with E-state index in [0.717, 1.165) is 58.7 Å². The molecule has 0 fully saturated rings. The van der Waals surface area contributed by atoms with E-state index >= 15 is 0 Å². The number of thioether (sulfide) groups is 1. The highest BCUT2D eigenvalue weighted by molar-refractivity contribution is 7.99. The first kappa shape index (κ1) is 65.6. The van der Waals surface area contributed by atoms with Gasteiger partial charge in [-0.25, -0.2) is 9.97 Å². The Morgan fingerprint density at radius 3 is 1.94 bits per heavy atom. The zero-order chi connectivity index (χ0) is 63.6. The van der Waals surface area contributed by atoms with E-state index in [-0.39, 0.29) is 113 Å². The van der Waals surface area contributed by atoms with Crippen LogP contribution in [0.3, 0.4) is 0 Å². The van der Waals surface area contributed by atoms with Crippen molar-refractivity contribution in [2.45, 2.75) is 60.1 Å². The number of rotatable bonds is 20. The van der Waals surface area contributed by atoms with Crippen molar-refractivity contribution in [3.63, 3.8) is 0 Å². The monoisotopic (exact) mass is 1340 g/mol. The molecule has 3 aromatic heterocycles. The molecule has 8 aromatic rings. The Morgan fingerprint density at radius 1 is 0.733 bits per heavy atom. The lowest BCUT2D eigenvalue weighted by Gasteiger charge is -2.12. The van der Waals surface area contributed by atoms with E-state index in [1.807, 2.05) is 6.07 Å². The number of nitrogens with zero attached hydrogens (tertiary/aromatic N) is 10. The molecule has 40 heteroatoms. The number of carbonyl (C=O) groups excluding carboxylic acids is 1. The minimum atomic E-state index is -5.09. The lowest BCUT2D eigenvalue weighted by Crippen LogP contribution is -2.11. The summed E-state index contributed by atoms with van der Waals surface area (Å²) in [6, 6.07) is 14.7. The molecule has 0 aliphatic rings. The summed E-state index contributed by atoms with van der Waals surface area (Å²) < 4.78 is 201. The van der Waals surface area contributed by atoms with Gasteiger partial charge in [0.2, 0.25) is 16.9 Å². The summed E-state index contributed by atoms with van der Waals surface area (Å²) in [5, 5.41) is 50.5. The van der Waals surface area contributed by atoms with Crippen molar-refractivity contribution in [2.75, 3.05) is 29.2 Å². The number of pyridine rings is 1. The number of thiazole rings is 1. The molecule has 0 saturated heterocycles. The first-order chi connectivity index (χ1) is 39.9. The van der Waals surface area contributed by atoms with Gasteiger partial charge in [-0.2, -0.15) is 52.5 Å². The number of amides is 1. The van der Waals surface area contributed by atoms with Crippen molar-refractivity contribution in [1.82, 2.24) is 14.4 Å². The minimum absolute atomic E-state index is 0.00755. The maximum absolute atomic E-state index is 12.6. The van der Waals surface area contributed by atoms with Gasteiger partial charge in [-0.1, -0.05) is 17.4 Å². The van der Waals surface area contributed by atoms with E-state index in [1.165, 1.54) is 37.3 Å². The number of hydrogen-bond acceptors (Lipinski definition) is 27. The molecule has 0 radical (unpaired) electrons. The smallest absolute Gasteiger partial charge is 0.425 e. The number of anilines is 1. The van der Waals surface area contributed by atoms with Crippen molar-refractivity contribution in [1.29, 1.82) is 5.26 Å². The van der Waals surface area contributed by atoms with E-state index in [4.69, 9.17) is 17.4 Å². The van der Waals surface area contributed by atoms with Crippen LogP contribution < -0.4 is 10.1 Å². The standard InChI is InChI=1S/C46H41N11O18S7.O3S/c1-22-15-33(53-55-39-24(3)29(21-47)44-49-40-35(57(44)45(39)59)10-9-30(48-25(4)58)43(40)82(72,73)74)36(75-11-5-13-78(60,61)62)19-31(22)51-54-34-16-23(2)32(20-37(34)76-12-6-14-79(63,64)65)52-56-46-50-41-38(81(69,70)71)17-26-7-8-27(80(66,67)68)18-28(26)42(41)77-46;1-4(2)3/h7-10,15-20,59H,5-6,11-14H2,1-4H3,(H,48,58)(H,60,61,62)(H,63,64,65)(H,66,67,68)(H,69,70,71)(H,72,73,74);. The van der Waals surface area contributed by atoms with Crippen molar-refractivity contribution in [3.8, 4) is 17.7 Å². The van der Waals surface area contributed by atoms with E-state index in [1.54, 1.807) is 19.9 Å². The Labute approximate surface area is 496 Å². The van der Waals surface area contributed by atoms with Crippen LogP contribution in [-0.2, 0) is 66.0 Å². The van der Waals surface area contributed by atoms with Gasteiger partial charge in [0.1, 0.15) is 43.9 Å². The number of imidazole rings is 1. The van der Waals surface area contributed by atoms with E-state index in [9.17, 15) is 80.0 Å². The number of nitrogens with one attached hydrogen (secondary N) is 1. The van der Waals surface area contributed by atoms with Crippen LogP contribution in [0.1, 0.15) is 42.0 Å². The van der Waals surface area contributed by atoms with Crippen molar-refractivity contribution >= 4 is 167 Å². The van der Waals surface area contributed by atoms with Crippen LogP contribution in [0.2, 0.25) is 0 Å². The molecular weight excluding hydrogens is 1300 g/mol. The highest BCUT2D eigenvalue weighted by Gasteiger charge is 2.28. The SMILES string of the molecule is CC(=O)Nc1ccc2c(nc3c(C#N)c(C)c(N=Nc4cc(C)c(N=Nc5cc(C)c(N=Nc6nc7c(S(=O)(=O)O)cc8ccc(S(=O)(=O)O)cc8c7s6)cc5SCCCS(=O)(=O)O)cc4OCCCS(=O)(=O)O)c(O)n32)c1S(=O)(=O)O.O=S(=O)=O. The zero-order valence-corrected chi connectivity index (χ0v) is 50.6. The number of hydrogen-bond donors (Lipinski definition) is 7. The Bertz CT molecular complexity index is 5010. The molecule has 8 rings (SSSR count). The third-order valence-electron chi connectivity index (χ3n) is 11.7. The number of aryl methyl sites for hydroxylation is 2. The number of benzene rings is 5. The molecule has 32 nitrogen and oxygen atoms in total. The Morgan fingerprint density at radius 2 is 1.34 bits per heavy atom. The van der Waals surface area contributed by atoms with Gasteiger partial charge in [0, 0.05) is 28.8 Å². The maximum Gasteiger partial charge on any atom is 0.425 e. The molecule has 86 heavy (non-hydrogen) atoms. The van der Waals surface area contributed by atoms with Crippen LogP contribution in [0.4, 0.5) is 39.3 Å². The van der Waals surface area contributed by atoms with Gasteiger partial charge in [0.05, 0.1) is 56.0 Å². The quantitative estimate of drug-likeness (QED) is 0.0162. The van der Waals surface area contributed by atoms with Gasteiger partial charge in [-0.3, -0.25) is 32.0 Å². The molecule has 0 spiro atoms. The molecule has 0 aliphatic heterocycles. The third-order valence-corrected chi connectivity index (χ3v) is 18.1. The first-order valence-corrected chi connectivity index (χ1v) is 33.9. The summed E-state index contributed by atoms with van der Waals surface area (Å²) in [6.07, 6.45) is -0.240. The van der Waals surface area contributed by atoms with Gasteiger partial charge in [-0.15, -0.1) is 50.0 Å². The minimum Gasteiger partial charge on any atom is -0.493 e. The zero-order valence-electron chi connectivity index (χ0n) is 44.1. The molecule has 0 aliphatic carbocycles. The lowest BCUT2D eigenvalue weighted by atomic mass is 10.1. The number of carbonyl (C=O) groups is 1. The molecule has 7 N–H and O–H groups in total. The van der Waals surface area contributed by atoms with Crippen LogP contribution >= 0.6 is 23.1 Å². The fourth-order valence-corrected chi connectivity index (χ4v) is 13.2. The number of fused-ring (bicyclic) bond motifs is 6. The fraction of sp³-hybridized carbons (Fsp3) is 0.217. The van der Waals surface area contributed by atoms with Crippen LogP contribution in [-0.4, -0.2) is 127 Å². The highest BCUT2D eigenvalue weighted by atomic mass is 32.2. The van der Waals surface area contributed by atoms with Crippen LogP contribution in [0, 0.1) is 32.1 Å². The summed E-state index contributed by atoms with van der Waals surface area (Å²) in [5.41, 5.74) is -0.675. The second-order valence-electron chi connectivity index (χ2n) is 17.9. The molecular formula is C46H41N11O21S8. The normalized spacial score (nSPS) is 12.7. The average Bonchev–Trinajstić information content (AvgIpc) is 1.58. The van der Waals surface area contributed by atoms with Crippen LogP contribution in [0.15, 0.2) is 111 Å². The third kappa shape index (κ3) is 15.7. The summed E-state index contributed by atoms with van der Waals surface area (Å²) in [5.74, 6) is -2.64. The van der Waals surface area contributed by atoms with Crippen molar-refractivity contribution < 1.29 is 92.1 Å². The van der Waals surface area contributed by atoms with Gasteiger partial charge in [-0.05, 0) is 104 Å². The second-order valence-corrected chi connectivity index (χ2v) is 27.7. The summed E-state index contributed by atoms with van der Waals surface area (Å²) in [4.78, 5) is 18.8. The molecule has 0 saturated carbocycles. The molecule has 454 valence electrons. The number of aromatic hydroxyl groups is 1. The lowest BCUT2D eigenvalue weighted by molar-refractivity contribution is -0.114. The largest absolute Gasteiger partial charge is 0.493 e.